The first-order valence-corrected chi connectivity index (χ1v) is 8.69. The number of aryl methyl sites for hydroxylation is 1. The summed E-state index contributed by atoms with van der Waals surface area (Å²) in [5.41, 5.74) is 9.84. The first-order valence-electron chi connectivity index (χ1n) is 8.69. The van der Waals surface area contributed by atoms with Gasteiger partial charge in [0.25, 0.3) is 5.91 Å². The zero-order valence-electron chi connectivity index (χ0n) is 14.7. The van der Waals surface area contributed by atoms with Crippen molar-refractivity contribution in [1.29, 1.82) is 0 Å². The molecule has 1 amide bonds. The largest absolute Gasteiger partial charge is 0.397 e. The standard InChI is InChI=1S/C20H24FN3O/c1-13-11-17(22)18(12-19(13)24-10-4-3-5-14(24)2)23-20(25)15-6-8-16(21)9-7-15/h6-9,11-12,14H,3-5,10,22H2,1-2H3,(H,23,25)/t14-/m1/s1. The van der Waals surface area contributed by atoms with Gasteiger partial charge in [-0.25, -0.2) is 4.39 Å². The number of carbonyl (C=O) groups excluding carboxylic acids is 1. The van der Waals surface area contributed by atoms with Gasteiger partial charge in [0, 0.05) is 23.8 Å². The van der Waals surface area contributed by atoms with Crippen LogP contribution >= 0.6 is 0 Å². The Kier molecular flexibility index (Phi) is 4.93. The van der Waals surface area contributed by atoms with E-state index in [1.807, 2.05) is 19.1 Å². The van der Waals surface area contributed by atoms with Crippen LogP contribution in [0.2, 0.25) is 0 Å². The highest BCUT2D eigenvalue weighted by Crippen LogP contribution is 2.33. The fourth-order valence-electron chi connectivity index (χ4n) is 3.39. The van der Waals surface area contributed by atoms with Crippen molar-refractivity contribution in [3.63, 3.8) is 0 Å². The third-order valence-corrected chi connectivity index (χ3v) is 4.84. The molecular weight excluding hydrogens is 317 g/mol. The molecule has 0 aliphatic carbocycles. The van der Waals surface area contributed by atoms with E-state index in [1.165, 1.54) is 43.5 Å². The van der Waals surface area contributed by atoms with Crippen LogP contribution in [0.1, 0.15) is 42.1 Å². The third kappa shape index (κ3) is 3.76. The van der Waals surface area contributed by atoms with Gasteiger partial charge in [0.1, 0.15) is 5.82 Å². The molecule has 0 aromatic heterocycles. The highest BCUT2D eigenvalue weighted by atomic mass is 19.1. The number of nitrogens with two attached hydrogens (primary N) is 1. The Hall–Kier alpha value is -2.56. The van der Waals surface area contributed by atoms with Gasteiger partial charge in [0.05, 0.1) is 11.4 Å². The van der Waals surface area contributed by atoms with Gasteiger partial charge in [-0.1, -0.05) is 0 Å². The van der Waals surface area contributed by atoms with Crippen LogP contribution in [0, 0.1) is 12.7 Å². The van der Waals surface area contributed by atoms with Crippen molar-refractivity contribution >= 4 is 23.0 Å². The third-order valence-electron chi connectivity index (χ3n) is 4.84. The minimum atomic E-state index is -0.368. The van der Waals surface area contributed by atoms with Gasteiger partial charge in [-0.15, -0.1) is 0 Å². The highest BCUT2D eigenvalue weighted by Gasteiger charge is 2.21. The Balaban J connectivity index is 1.87. The second-order valence-corrected chi connectivity index (χ2v) is 6.73. The van der Waals surface area contributed by atoms with Crippen molar-refractivity contribution < 1.29 is 9.18 Å². The lowest BCUT2D eigenvalue weighted by atomic mass is 10.0. The molecular formula is C20H24FN3O. The zero-order valence-corrected chi connectivity index (χ0v) is 14.7. The van der Waals surface area contributed by atoms with Gasteiger partial charge in [0.15, 0.2) is 0 Å². The van der Waals surface area contributed by atoms with Crippen molar-refractivity contribution in [3.8, 4) is 0 Å². The molecule has 132 valence electrons. The first-order chi connectivity index (χ1) is 12.0. The lowest BCUT2D eigenvalue weighted by Crippen LogP contribution is -2.37. The van der Waals surface area contributed by atoms with Gasteiger partial charge in [-0.05, 0) is 75.1 Å². The van der Waals surface area contributed by atoms with Crippen LogP contribution in [0.3, 0.4) is 0 Å². The maximum absolute atomic E-state index is 13.0. The number of nitrogens with one attached hydrogen (secondary N) is 1. The van der Waals surface area contributed by atoms with E-state index < -0.39 is 0 Å². The average molecular weight is 341 g/mol. The Morgan fingerprint density at radius 2 is 1.96 bits per heavy atom. The lowest BCUT2D eigenvalue weighted by Gasteiger charge is -2.36. The fraction of sp³-hybridized carbons (Fsp3) is 0.350. The number of piperidine rings is 1. The molecule has 0 spiro atoms. The second-order valence-electron chi connectivity index (χ2n) is 6.73. The smallest absolute Gasteiger partial charge is 0.255 e. The molecule has 4 nitrogen and oxygen atoms in total. The molecule has 2 aromatic rings. The van der Waals surface area contributed by atoms with Crippen molar-refractivity contribution in [1.82, 2.24) is 0 Å². The fourth-order valence-corrected chi connectivity index (χ4v) is 3.39. The Morgan fingerprint density at radius 3 is 2.64 bits per heavy atom. The van der Waals surface area contributed by atoms with Crippen LogP contribution in [-0.4, -0.2) is 18.5 Å². The summed E-state index contributed by atoms with van der Waals surface area (Å²) in [6.07, 6.45) is 3.59. The van der Waals surface area contributed by atoms with Gasteiger partial charge in [-0.2, -0.15) is 0 Å². The molecule has 1 heterocycles. The van der Waals surface area contributed by atoms with E-state index in [0.717, 1.165) is 17.8 Å². The Bertz CT molecular complexity index is 773. The van der Waals surface area contributed by atoms with E-state index >= 15 is 0 Å². The summed E-state index contributed by atoms with van der Waals surface area (Å²) in [5.74, 6) is -0.666. The summed E-state index contributed by atoms with van der Waals surface area (Å²) in [4.78, 5) is 14.8. The van der Waals surface area contributed by atoms with Crippen molar-refractivity contribution in [2.75, 3.05) is 22.5 Å². The minimum Gasteiger partial charge on any atom is -0.397 e. The van der Waals surface area contributed by atoms with Crippen LogP contribution in [0.5, 0.6) is 0 Å². The van der Waals surface area contributed by atoms with Crippen LogP contribution < -0.4 is 16.0 Å². The number of carbonyl (C=O) groups is 1. The highest BCUT2D eigenvalue weighted by molar-refractivity contribution is 6.06. The topological polar surface area (TPSA) is 58.4 Å². The molecule has 0 radical (unpaired) electrons. The molecule has 0 bridgehead atoms. The molecule has 0 saturated carbocycles. The number of nitrogens with zero attached hydrogens (tertiary/aromatic N) is 1. The number of benzene rings is 2. The molecule has 1 fully saturated rings. The Labute approximate surface area is 147 Å². The van der Waals surface area contributed by atoms with Gasteiger partial charge < -0.3 is 16.0 Å². The molecule has 5 heteroatoms. The van der Waals surface area contributed by atoms with Crippen molar-refractivity contribution in [3.05, 3.63) is 53.3 Å². The summed E-state index contributed by atoms with van der Waals surface area (Å²) in [6, 6.07) is 9.79. The molecule has 2 aromatic carbocycles. The van der Waals surface area contributed by atoms with Crippen molar-refractivity contribution in [2.24, 2.45) is 0 Å². The second kappa shape index (κ2) is 7.13. The normalized spacial score (nSPS) is 17.4. The summed E-state index contributed by atoms with van der Waals surface area (Å²) in [6.45, 7) is 5.28. The van der Waals surface area contributed by atoms with E-state index in [9.17, 15) is 9.18 Å². The average Bonchev–Trinajstić information content (AvgIpc) is 2.58. The molecule has 1 aliphatic rings. The maximum atomic E-state index is 13.0. The maximum Gasteiger partial charge on any atom is 0.255 e. The number of hydrogen-bond acceptors (Lipinski definition) is 3. The summed E-state index contributed by atoms with van der Waals surface area (Å²) < 4.78 is 13.0. The predicted molar refractivity (Wildman–Crippen MR) is 101 cm³/mol. The molecule has 1 aliphatic heterocycles. The monoisotopic (exact) mass is 341 g/mol. The number of anilines is 3. The lowest BCUT2D eigenvalue weighted by molar-refractivity contribution is 0.102. The molecule has 1 saturated heterocycles. The van der Waals surface area contributed by atoms with Gasteiger partial charge >= 0.3 is 0 Å². The predicted octanol–water partition coefficient (Wildman–Crippen LogP) is 4.35. The van der Waals surface area contributed by atoms with Crippen LogP contribution in [0.25, 0.3) is 0 Å². The van der Waals surface area contributed by atoms with Gasteiger partial charge in [-0.3, -0.25) is 4.79 Å². The number of halogens is 1. The van der Waals surface area contributed by atoms with E-state index in [2.05, 4.69) is 17.1 Å². The van der Waals surface area contributed by atoms with E-state index in [4.69, 9.17) is 5.73 Å². The first kappa shape index (κ1) is 17.3. The minimum absolute atomic E-state index is 0.298. The number of rotatable bonds is 3. The Morgan fingerprint density at radius 1 is 1.24 bits per heavy atom. The molecule has 3 rings (SSSR count). The molecule has 1 atom stereocenters. The van der Waals surface area contributed by atoms with Crippen molar-refractivity contribution in [2.45, 2.75) is 39.2 Å². The number of nitrogen functional groups attached to an aromatic ring is 1. The molecule has 0 unspecified atom stereocenters. The van der Waals surface area contributed by atoms with Gasteiger partial charge in [0.2, 0.25) is 0 Å². The van der Waals surface area contributed by atoms with E-state index in [0.29, 0.717) is 23.0 Å². The number of hydrogen-bond donors (Lipinski definition) is 2. The SMILES string of the molecule is Cc1cc(N)c(NC(=O)c2ccc(F)cc2)cc1N1CCCC[C@H]1C. The summed E-state index contributed by atoms with van der Waals surface area (Å²) in [7, 11) is 0. The van der Waals surface area contributed by atoms with Crippen LogP contribution in [0.4, 0.5) is 21.5 Å². The summed E-state index contributed by atoms with van der Waals surface area (Å²) in [5, 5.41) is 2.85. The summed E-state index contributed by atoms with van der Waals surface area (Å²) >= 11 is 0. The van der Waals surface area contributed by atoms with E-state index in [-0.39, 0.29) is 11.7 Å². The molecule has 3 N–H and O–H groups in total. The molecule has 25 heavy (non-hydrogen) atoms. The van der Waals surface area contributed by atoms with E-state index in [1.54, 1.807) is 0 Å². The quantitative estimate of drug-likeness (QED) is 0.816. The zero-order chi connectivity index (χ0) is 18.0. The number of amides is 1. The van der Waals surface area contributed by atoms with Crippen LogP contribution in [-0.2, 0) is 0 Å². The van der Waals surface area contributed by atoms with Crippen LogP contribution in [0.15, 0.2) is 36.4 Å².